The van der Waals surface area contributed by atoms with Gasteiger partial charge in [-0.25, -0.2) is 0 Å². The first-order valence-corrected chi connectivity index (χ1v) is 9.99. The minimum absolute atomic E-state index is 0.0572. The number of nitrogens with one attached hydrogen (secondary N) is 1. The molecule has 0 radical (unpaired) electrons. The third-order valence-corrected chi connectivity index (χ3v) is 5.25. The highest BCUT2D eigenvalue weighted by Crippen LogP contribution is 2.16. The summed E-state index contributed by atoms with van der Waals surface area (Å²) in [4.78, 5) is 15.7. The van der Waals surface area contributed by atoms with Crippen molar-refractivity contribution in [2.24, 2.45) is 0 Å². The second kappa shape index (κ2) is 10.2. The summed E-state index contributed by atoms with van der Waals surface area (Å²) in [5.74, 6) is 0.903. The fourth-order valence-corrected chi connectivity index (χ4v) is 3.03. The Bertz CT molecular complexity index is 686. The van der Waals surface area contributed by atoms with Crippen LogP contribution in [0.15, 0.2) is 53.4 Å². The van der Waals surface area contributed by atoms with Crippen LogP contribution >= 0.6 is 11.8 Å². The third kappa shape index (κ3) is 6.07. The normalized spacial score (nSPS) is 12.0. The maximum Gasteiger partial charge on any atom is 0.237 e. The van der Waals surface area contributed by atoms with E-state index in [4.69, 9.17) is 4.74 Å². The summed E-state index contributed by atoms with van der Waals surface area (Å²) in [5.41, 5.74) is 2.39. The van der Waals surface area contributed by atoms with Crippen molar-refractivity contribution in [3.05, 3.63) is 59.7 Å². The van der Waals surface area contributed by atoms with Crippen LogP contribution in [0.5, 0.6) is 5.75 Å². The van der Waals surface area contributed by atoms with Crippen molar-refractivity contribution in [1.82, 2.24) is 10.2 Å². The van der Waals surface area contributed by atoms with E-state index in [1.165, 1.54) is 16.0 Å². The van der Waals surface area contributed by atoms with E-state index in [0.29, 0.717) is 6.54 Å². The lowest BCUT2D eigenvalue weighted by molar-refractivity contribution is -0.125. The van der Waals surface area contributed by atoms with Crippen LogP contribution in [0.25, 0.3) is 0 Å². The monoisotopic (exact) mass is 372 g/mol. The largest absolute Gasteiger partial charge is 0.497 e. The lowest BCUT2D eigenvalue weighted by Crippen LogP contribution is -2.43. The molecule has 26 heavy (non-hydrogen) atoms. The fourth-order valence-electron chi connectivity index (χ4n) is 2.63. The highest BCUT2D eigenvalue weighted by molar-refractivity contribution is 7.98. The number of ether oxygens (including phenoxy) is 1. The maximum absolute atomic E-state index is 12.4. The molecule has 4 nitrogen and oxygen atoms in total. The summed E-state index contributed by atoms with van der Waals surface area (Å²) < 4.78 is 5.15. The molecule has 0 saturated heterocycles. The SMILES string of the molecule is COc1ccc(CCNC(=O)C(C)N(C)Cc2ccc(SC)cc2)cc1. The number of carbonyl (C=O) groups excluding carboxylic acids is 1. The first-order valence-electron chi connectivity index (χ1n) is 8.77. The van der Waals surface area contributed by atoms with Crippen molar-refractivity contribution in [3.63, 3.8) is 0 Å². The van der Waals surface area contributed by atoms with Crippen LogP contribution in [0.2, 0.25) is 0 Å². The molecular weight excluding hydrogens is 344 g/mol. The Morgan fingerprint density at radius 3 is 2.31 bits per heavy atom. The molecule has 1 N–H and O–H groups in total. The molecule has 1 unspecified atom stereocenters. The first-order chi connectivity index (χ1) is 12.5. The zero-order chi connectivity index (χ0) is 18.9. The Morgan fingerprint density at radius 1 is 1.12 bits per heavy atom. The van der Waals surface area contributed by atoms with Gasteiger partial charge in [-0.2, -0.15) is 0 Å². The molecule has 0 aliphatic heterocycles. The van der Waals surface area contributed by atoms with E-state index in [-0.39, 0.29) is 11.9 Å². The molecule has 140 valence electrons. The Balaban J connectivity index is 1.77. The molecule has 0 aliphatic rings. The van der Waals surface area contributed by atoms with E-state index in [0.717, 1.165) is 18.7 Å². The molecule has 1 amide bonds. The molecule has 2 aromatic rings. The minimum atomic E-state index is -0.175. The van der Waals surface area contributed by atoms with Crippen molar-refractivity contribution < 1.29 is 9.53 Å². The number of hydrogen-bond donors (Lipinski definition) is 1. The molecule has 0 saturated carbocycles. The molecule has 0 spiro atoms. The minimum Gasteiger partial charge on any atom is -0.497 e. The second-order valence-corrected chi connectivity index (χ2v) is 7.21. The third-order valence-electron chi connectivity index (χ3n) is 4.50. The van der Waals surface area contributed by atoms with Crippen LogP contribution in [-0.2, 0) is 17.8 Å². The second-order valence-electron chi connectivity index (χ2n) is 6.33. The van der Waals surface area contributed by atoms with E-state index in [9.17, 15) is 4.79 Å². The van der Waals surface area contributed by atoms with Gasteiger partial charge >= 0.3 is 0 Å². The molecule has 2 rings (SSSR count). The quantitative estimate of drug-likeness (QED) is 0.683. The number of amides is 1. The van der Waals surface area contributed by atoms with Crippen molar-refractivity contribution in [2.45, 2.75) is 30.8 Å². The van der Waals surface area contributed by atoms with Crippen LogP contribution in [0.4, 0.5) is 0 Å². The summed E-state index contributed by atoms with van der Waals surface area (Å²) in [6.45, 7) is 3.33. The molecule has 5 heteroatoms. The van der Waals surface area contributed by atoms with Crippen LogP contribution in [-0.4, -0.2) is 43.8 Å². The van der Waals surface area contributed by atoms with Crippen molar-refractivity contribution in [1.29, 1.82) is 0 Å². The van der Waals surface area contributed by atoms with Gasteiger partial charge in [0.25, 0.3) is 0 Å². The van der Waals surface area contributed by atoms with E-state index in [2.05, 4.69) is 40.7 Å². The zero-order valence-corrected chi connectivity index (χ0v) is 16.8. The summed E-state index contributed by atoms with van der Waals surface area (Å²) in [6, 6.07) is 16.2. The van der Waals surface area contributed by atoms with Gasteiger partial charge < -0.3 is 10.1 Å². The van der Waals surface area contributed by atoms with Gasteiger partial charge in [0, 0.05) is 18.0 Å². The maximum atomic E-state index is 12.4. The highest BCUT2D eigenvalue weighted by Gasteiger charge is 2.17. The molecular formula is C21H28N2O2S. The van der Waals surface area contributed by atoms with E-state index in [1.54, 1.807) is 18.9 Å². The Labute approximate surface area is 160 Å². The molecule has 0 bridgehead atoms. The van der Waals surface area contributed by atoms with Gasteiger partial charge in [0.1, 0.15) is 5.75 Å². The van der Waals surface area contributed by atoms with Crippen LogP contribution in [0.3, 0.4) is 0 Å². The van der Waals surface area contributed by atoms with Gasteiger partial charge in [0.15, 0.2) is 0 Å². The van der Waals surface area contributed by atoms with Crippen LogP contribution in [0.1, 0.15) is 18.1 Å². The standard InChI is InChI=1S/C21H28N2O2S/c1-16(23(2)15-18-7-11-20(26-4)12-8-18)21(24)22-14-13-17-5-9-19(25-3)10-6-17/h5-12,16H,13-15H2,1-4H3,(H,22,24). The first kappa shape index (κ1) is 20.3. The smallest absolute Gasteiger partial charge is 0.237 e. The average molecular weight is 373 g/mol. The molecule has 0 aliphatic carbocycles. The van der Waals surface area contributed by atoms with E-state index < -0.39 is 0 Å². The average Bonchev–Trinajstić information content (AvgIpc) is 2.68. The van der Waals surface area contributed by atoms with Gasteiger partial charge in [-0.05, 0) is 62.0 Å². The molecule has 0 heterocycles. The fraction of sp³-hybridized carbons (Fsp3) is 0.381. The van der Waals surface area contributed by atoms with Crippen LogP contribution < -0.4 is 10.1 Å². The number of benzene rings is 2. The van der Waals surface area contributed by atoms with E-state index >= 15 is 0 Å². The number of likely N-dealkylation sites (N-methyl/N-ethyl adjacent to an activating group) is 1. The number of nitrogens with zero attached hydrogens (tertiary/aromatic N) is 1. The number of hydrogen-bond acceptors (Lipinski definition) is 4. The van der Waals surface area contributed by atoms with Gasteiger partial charge in [-0.1, -0.05) is 24.3 Å². The number of rotatable bonds is 9. The summed E-state index contributed by atoms with van der Waals surface area (Å²) in [7, 11) is 3.64. The predicted octanol–water partition coefficient (Wildman–Crippen LogP) is 3.60. The summed E-state index contributed by atoms with van der Waals surface area (Å²) in [6.07, 6.45) is 2.88. The molecule has 0 aromatic heterocycles. The summed E-state index contributed by atoms with van der Waals surface area (Å²) >= 11 is 1.73. The van der Waals surface area contributed by atoms with Crippen LogP contribution in [0, 0.1) is 0 Å². The Kier molecular flexibility index (Phi) is 8.01. The number of carbonyl (C=O) groups is 1. The van der Waals surface area contributed by atoms with Crippen molar-refractivity contribution >= 4 is 17.7 Å². The van der Waals surface area contributed by atoms with E-state index in [1.807, 2.05) is 38.2 Å². The van der Waals surface area contributed by atoms with Gasteiger partial charge in [-0.3, -0.25) is 9.69 Å². The number of thioether (sulfide) groups is 1. The topological polar surface area (TPSA) is 41.6 Å². The molecule has 0 fully saturated rings. The predicted molar refractivity (Wildman–Crippen MR) is 109 cm³/mol. The molecule has 2 aromatic carbocycles. The Morgan fingerprint density at radius 2 is 1.73 bits per heavy atom. The summed E-state index contributed by atoms with van der Waals surface area (Å²) in [5, 5.41) is 3.03. The highest BCUT2D eigenvalue weighted by atomic mass is 32.2. The van der Waals surface area contributed by atoms with Crippen molar-refractivity contribution in [2.75, 3.05) is 27.0 Å². The van der Waals surface area contributed by atoms with Gasteiger partial charge in [0.2, 0.25) is 5.91 Å². The number of methoxy groups -OCH3 is 1. The van der Waals surface area contributed by atoms with Gasteiger partial charge in [-0.15, -0.1) is 11.8 Å². The van der Waals surface area contributed by atoms with Gasteiger partial charge in [0.05, 0.1) is 13.2 Å². The van der Waals surface area contributed by atoms with Crippen molar-refractivity contribution in [3.8, 4) is 5.75 Å². The lowest BCUT2D eigenvalue weighted by atomic mass is 10.1. The Hall–Kier alpha value is -1.98. The lowest BCUT2D eigenvalue weighted by Gasteiger charge is -2.24. The molecule has 1 atom stereocenters. The zero-order valence-electron chi connectivity index (χ0n) is 16.0.